The van der Waals surface area contributed by atoms with Crippen molar-refractivity contribution in [2.45, 2.75) is 6.54 Å². The van der Waals surface area contributed by atoms with Crippen LogP contribution in [-0.2, 0) is 6.54 Å². The summed E-state index contributed by atoms with van der Waals surface area (Å²) >= 11 is 13.6. The summed E-state index contributed by atoms with van der Waals surface area (Å²) in [5, 5.41) is 10.5. The number of aromatic nitrogens is 2. The molecule has 28 heavy (non-hydrogen) atoms. The molecular formula is C21H15Cl2N3OS. The number of hydrogen-bond acceptors (Lipinski definition) is 3. The lowest BCUT2D eigenvalue weighted by Gasteiger charge is -2.06. The third-order valence-electron chi connectivity index (χ3n) is 4.19. The molecule has 0 saturated carbocycles. The molecule has 7 heteroatoms. The Morgan fingerprint density at radius 3 is 2.57 bits per heavy atom. The third-order valence-corrected chi connectivity index (χ3v) is 5.80. The minimum Gasteiger partial charge on any atom is -0.348 e. The van der Waals surface area contributed by atoms with E-state index in [0.29, 0.717) is 22.2 Å². The maximum Gasteiger partial charge on any atom is 0.251 e. The lowest BCUT2D eigenvalue weighted by Crippen LogP contribution is -2.22. The van der Waals surface area contributed by atoms with Gasteiger partial charge in [0.2, 0.25) is 0 Å². The zero-order chi connectivity index (χ0) is 19.5. The summed E-state index contributed by atoms with van der Waals surface area (Å²) in [4.78, 5) is 13.6. The SMILES string of the molecule is O=C(NCc1cn(-c2ccccc2)nc1-c1cccs1)c1ccc(Cl)c(Cl)c1. The van der Waals surface area contributed by atoms with Gasteiger partial charge >= 0.3 is 0 Å². The fourth-order valence-corrected chi connectivity index (χ4v) is 3.83. The molecule has 0 aliphatic carbocycles. The molecule has 0 bridgehead atoms. The van der Waals surface area contributed by atoms with Crippen molar-refractivity contribution in [1.29, 1.82) is 0 Å². The Balaban J connectivity index is 1.60. The zero-order valence-electron chi connectivity index (χ0n) is 14.6. The summed E-state index contributed by atoms with van der Waals surface area (Å²) in [6.07, 6.45) is 1.94. The molecule has 4 nitrogen and oxygen atoms in total. The largest absolute Gasteiger partial charge is 0.348 e. The Kier molecular flexibility index (Phi) is 5.48. The monoisotopic (exact) mass is 427 g/mol. The van der Waals surface area contributed by atoms with Crippen LogP contribution in [0.15, 0.2) is 72.2 Å². The van der Waals surface area contributed by atoms with Gasteiger partial charge in [-0.2, -0.15) is 5.10 Å². The molecule has 2 aromatic carbocycles. The third kappa shape index (κ3) is 3.97. The van der Waals surface area contributed by atoms with Crippen molar-refractivity contribution in [3.05, 3.63) is 93.4 Å². The van der Waals surface area contributed by atoms with Gasteiger partial charge in [-0.1, -0.05) is 47.5 Å². The molecule has 4 aromatic rings. The average molecular weight is 428 g/mol. The van der Waals surface area contributed by atoms with Crippen LogP contribution >= 0.6 is 34.5 Å². The number of para-hydroxylation sites is 1. The van der Waals surface area contributed by atoms with Crippen LogP contribution in [0.2, 0.25) is 10.0 Å². The summed E-state index contributed by atoms with van der Waals surface area (Å²) in [5.41, 5.74) is 3.21. The van der Waals surface area contributed by atoms with Crippen molar-refractivity contribution in [3.8, 4) is 16.3 Å². The molecule has 0 spiro atoms. The molecule has 4 rings (SSSR count). The number of nitrogens with zero attached hydrogens (tertiary/aromatic N) is 2. The highest BCUT2D eigenvalue weighted by molar-refractivity contribution is 7.13. The standard InChI is InChI=1S/C21H15Cl2N3OS/c22-17-9-8-14(11-18(17)23)21(27)24-12-15-13-26(16-5-2-1-3-6-16)25-20(15)19-7-4-10-28-19/h1-11,13H,12H2,(H,24,27). The highest BCUT2D eigenvalue weighted by Gasteiger charge is 2.15. The Morgan fingerprint density at radius 2 is 1.86 bits per heavy atom. The zero-order valence-corrected chi connectivity index (χ0v) is 16.9. The summed E-state index contributed by atoms with van der Waals surface area (Å²) < 4.78 is 1.83. The van der Waals surface area contributed by atoms with Crippen molar-refractivity contribution < 1.29 is 4.79 Å². The van der Waals surface area contributed by atoms with E-state index in [9.17, 15) is 4.79 Å². The number of carbonyl (C=O) groups excluding carboxylic acids is 1. The van der Waals surface area contributed by atoms with Crippen LogP contribution < -0.4 is 5.32 Å². The molecule has 1 amide bonds. The van der Waals surface area contributed by atoms with Gasteiger partial charge in [-0.25, -0.2) is 4.68 Å². The van der Waals surface area contributed by atoms with E-state index in [-0.39, 0.29) is 5.91 Å². The molecule has 140 valence electrons. The first kappa shape index (κ1) is 18.7. The van der Waals surface area contributed by atoms with Crippen molar-refractivity contribution in [1.82, 2.24) is 15.1 Å². The van der Waals surface area contributed by atoms with Crippen LogP contribution in [0.25, 0.3) is 16.3 Å². The summed E-state index contributed by atoms with van der Waals surface area (Å²) in [5.74, 6) is -0.219. The van der Waals surface area contributed by atoms with Gasteiger partial charge < -0.3 is 5.32 Å². The number of halogens is 2. The minimum atomic E-state index is -0.219. The molecule has 0 aliphatic rings. The van der Waals surface area contributed by atoms with Gasteiger partial charge in [0.05, 0.1) is 20.6 Å². The topological polar surface area (TPSA) is 46.9 Å². The number of nitrogens with one attached hydrogen (secondary N) is 1. The van der Waals surface area contributed by atoms with Gasteiger partial charge in [-0.15, -0.1) is 11.3 Å². The minimum absolute atomic E-state index is 0.219. The van der Waals surface area contributed by atoms with E-state index in [1.807, 2.05) is 58.7 Å². The Morgan fingerprint density at radius 1 is 1.04 bits per heavy atom. The number of benzene rings is 2. The van der Waals surface area contributed by atoms with Crippen LogP contribution in [-0.4, -0.2) is 15.7 Å². The second kappa shape index (κ2) is 8.19. The number of rotatable bonds is 5. The van der Waals surface area contributed by atoms with E-state index < -0.39 is 0 Å². The van der Waals surface area contributed by atoms with E-state index >= 15 is 0 Å². The fourth-order valence-electron chi connectivity index (χ4n) is 2.79. The maximum atomic E-state index is 12.5. The number of amides is 1. The first-order chi connectivity index (χ1) is 13.6. The van der Waals surface area contributed by atoms with Crippen molar-refractivity contribution in [3.63, 3.8) is 0 Å². The summed E-state index contributed by atoms with van der Waals surface area (Å²) in [6, 6.07) is 18.7. The fraction of sp³-hybridized carbons (Fsp3) is 0.0476. The average Bonchev–Trinajstić information content (AvgIpc) is 3.38. The van der Waals surface area contributed by atoms with Crippen LogP contribution in [0.5, 0.6) is 0 Å². The van der Waals surface area contributed by atoms with Crippen LogP contribution in [0.4, 0.5) is 0 Å². The lowest BCUT2D eigenvalue weighted by atomic mass is 10.2. The number of thiophene rings is 1. The predicted octanol–water partition coefficient (Wildman–Crippen LogP) is 5.84. The first-order valence-electron chi connectivity index (χ1n) is 8.53. The molecule has 2 heterocycles. The van der Waals surface area contributed by atoms with E-state index in [1.54, 1.807) is 29.5 Å². The summed E-state index contributed by atoms with van der Waals surface area (Å²) in [7, 11) is 0. The van der Waals surface area contributed by atoms with Gasteiger partial charge in [0.25, 0.3) is 5.91 Å². The quantitative estimate of drug-likeness (QED) is 0.434. The van der Waals surface area contributed by atoms with Crippen molar-refractivity contribution in [2.75, 3.05) is 0 Å². The second-order valence-corrected chi connectivity index (χ2v) is 7.83. The molecule has 0 radical (unpaired) electrons. The Labute approximate surface area is 176 Å². The highest BCUT2D eigenvalue weighted by Crippen LogP contribution is 2.28. The van der Waals surface area contributed by atoms with Gasteiger partial charge in [-0.05, 0) is 41.8 Å². The smallest absolute Gasteiger partial charge is 0.251 e. The highest BCUT2D eigenvalue weighted by atomic mass is 35.5. The van der Waals surface area contributed by atoms with Crippen molar-refractivity contribution >= 4 is 40.4 Å². The van der Waals surface area contributed by atoms with Gasteiger partial charge in [0.1, 0.15) is 5.69 Å². The Hall–Kier alpha value is -2.60. The number of carbonyl (C=O) groups is 1. The molecule has 0 atom stereocenters. The van der Waals surface area contributed by atoms with Crippen molar-refractivity contribution in [2.24, 2.45) is 0 Å². The molecule has 0 fully saturated rings. The first-order valence-corrected chi connectivity index (χ1v) is 10.2. The summed E-state index contributed by atoms with van der Waals surface area (Å²) in [6.45, 7) is 0.346. The Bertz CT molecular complexity index is 1110. The molecular weight excluding hydrogens is 413 g/mol. The van der Waals surface area contributed by atoms with Gasteiger partial charge in [-0.3, -0.25) is 4.79 Å². The number of hydrogen-bond donors (Lipinski definition) is 1. The molecule has 1 N–H and O–H groups in total. The van der Waals surface area contributed by atoms with Crippen LogP contribution in [0.3, 0.4) is 0 Å². The van der Waals surface area contributed by atoms with E-state index in [2.05, 4.69) is 5.32 Å². The molecule has 2 aromatic heterocycles. The van der Waals surface area contributed by atoms with Crippen LogP contribution in [0, 0.1) is 0 Å². The van der Waals surface area contributed by atoms with Crippen LogP contribution in [0.1, 0.15) is 15.9 Å². The maximum absolute atomic E-state index is 12.5. The van der Waals surface area contributed by atoms with Gasteiger partial charge in [0.15, 0.2) is 0 Å². The van der Waals surface area contributed by atoms with E-state index in [1.165, 1.54) is 0 Å². The lowest BCUT2D eigenvalue weighted by molar-refractivity contribution is 0.0951. The molecule has 0 aliphatic heterocycles. The van der Waals surface area contributed by atoms with E-state index in [0.717, 1.165) is 21.8 Å². The second-order valence-electron chi connectivity index (χ2n) is 6.07. The van der Waals surface area contributed by atoms with Gasteiger partial charge in [0, 0.05) is 23.9 Å². The molecule has 0 saturated heterocycles. The predicted molar refractivity (Wildman–Crippen MR) is 115 cm³/mol. The normalized spacial score (nSPS) is 10.8. The van der Waals surface area contributed by atoms with E-state index in [4.69, 9.17) is 28.3 Å². The molecule has 0 unspecified atom stereocenters.